The average molecular weight is 500 g/mol. The zero-order valence-electron chi connectivity index (χ0n) is 16.6. The molecule has 2 aromatic rings. The van der Waals surface area contributed by atoms with Crippen molar-refractivity contribution in [1.82, 2.24) is 5.43 Å². The van der Waals surface area contributed by atoms with Gasteiger partial charge < -0.3 is 10.1 Å². The second kappa shape index (κ2) is 11.5. The van der Waals surface area contributed by atoms with Gasteiger partial charge in [0.25, 0.3) is 0 Å². The van der Waals surface area contributed by atoms with Crippen LogP contribution in [0.15, 0.2) is 52.0 Å². The summed E-state index contributed by atoms with van der Waals surface area (Å²) in [6, 6.07) is 9.43. The number of carbonyl (C=O) groups excluding carboxylic acids is 2. The largest absolute Gasteiger partial charge is 0.492 e. The molecule has 0 aliphatic carbocycles. The lowest BCUT2D eigenvalue weighted by atomic mass is 10.2. The van der Waals surface area contributed by atoms with Crippen molar-refractivity contribution >= 4 is 39.6 Å². The summed E-state index contributed by atoms with van der Waals surface area (Å²) in [5, 5.41) is 6.04. The van der Waals surface area contributed by atoms with Crippen LogP contribution < -0.4 is 15.5 Å². The zero-order valence-corrected chi connectivity index (χ0v) is 18.2. The second-order valence-corrected chi connectivity index (χ2v) is 7.34. The number of benzene rings is 2. The molecule has 0 atom stereocenters. The molecule has 0 saturated carbocycles. The number of unbranched alkanes of at least 4 members (excludes halogenated alkanes) is 1. The van der Waals surface area contributed by atoms with E-state index in [2.05, 4.69) is 38.7 Å². The van der Waals surface area contributed by atoms with E-state index >= 15 is 0 Å². The Labute approximate surface area is 186 Å². The number of amides is 2. The Hall–Kier alpha value is -2.88. The quantitative estimate of drug-likeness (QED) is 0.217. The van der Waals surface area contributed by atoms with Gasteiger partial charge in [0.1, 0.15) is 12.2 Å². The van der Waals surface area contributed by atoms with Gasteiger partial charge in [0, 0.05) is 5.69 Å². The van der Waals surface area contributed by atoms with E-state index in [4.69, 9.17) is 4.74 Å². The lowest BCUT2D eigenvalue weighted by Crippen LogP contribution is -2.24. The van der Waals surface area contributed by atoms with Crippen molar-refractivity contribution in [1.29, 1.82) is 0 Å². The van der Waals surface area contributed by atoms with E-state index < -0.39 is 30.0 Å². The molecule has 10 heteroatoms. The van der Waals surface area contributed by atoms with E-state index in [0.717, 1.165) is 29.4 Å². The summed E-state index contributed by atoms with van der Waals surface area (Å²) in [5.41, 5.74) is 1.94. The Morgan fingerprint density at radius 2 is 1.94 bits per heavy atom. The molecular formula is C21H21BrF3N3O3. The summed E-state index contributed by atoms with van der Waals surface area (Å²) in [7, 11) is 0. The molecule has 0 spiro atoms. The van der Waals surface area contributed by atoms with Crippen molar-refractivity contribution in [2.45, 2.75) is 32.4 Å². The van der Waals surface area contributed by atoms with Crippen LogP contribution in [-0.2, 0) is 15.8 Å². The van der Waals surface area contributed by atoms with Gasteiger partial charge in [0.15, 0.2) is 0 Å². The molecule has 0 aliphatic rings. The third kappa shape index (κ3) is 8.41. The van der Waals surface area contributed by atoms with Gasteiger partial charge in [0.05, 0.1) is 22.9 Å². The highest BCUT2D eigenvalue weighted by atomic mass is 79.9. The highest BCUT2D eigenvalue weighted by molar-refractivity contribution is 9.10. The van der Waals surface area contributed by atoms with Crippen LogP contribution in [0.4, 0.5) is 18.9 Å². The van der Waals surface area contributed by atoms with E-state index in [9.17, 15) is 22.8 Å². The fourth-order valence-corrected chi connectivity index (χ4v) is 2.89. The first kappa shape index (κ1) is 24.4. The fourth-order valence-electron chi connectivity index (χ4n) is 2.38. The number of alkyl halides is 3. The van der Waals surface area contributed by atoms with Gasteiger partial charge in [-0.1, -0.05) is 19.4 Å². The van der Waals surface area contributed by atoms with E-state index in [1.807, 2.05) is 0 Å². The first-order chi connectivity index (χ1) is 14.7. The maximum Gasteiger partial charge on any atom is 0.416 e. The van der Waals surface area contributed by atoms with Crippen molar-refractivity contribution in [3.8, 4) is 5.75 Å². The molecule has 2 N–H and O–H groups in total. The predicted molar refractivity (Wildman–Crippen MR) is 115 cm³/mol. The highest BCUT2D eigenvalue weighted by Gasteiger charge is 2.30. The fraction of sp³-hybridized carbons (Fsp3) is 0.286. The summed E-state index contributed by atoms with van der Waals surface area (Å²) in [6.45, 7) is 2.68. The number of ether oxygens (including phenoxy) is 1. The van der Waals surface area contributed by atoms with Crippen molar-refractivity contribution in [2.24, 2.45) is 5.10 Å². The number of anilines is 1. The number of hydrogen-bond donors (Lipinski definition) is 2. The van der Waals surface area contributed by atoms with Gasteiger partial charge in [-0.15, -0.1) is 0 Å². The Morgan fingerprint density at radius 1 is 1.16 bits per heavy atom. The molecule has 6 nitrogen and oxygen atoms in total. The Balaban J connectivity index is 1.84. The van der Waals surface area contributed by atoms with Gasteiger partial charge in [0.2, 0.25) is 11.8 Å². The molecule has 0 fully saturated rings. The highest BCUT2D eigenvalue weighted by Crippen LogP contribution is 2.30. The summed E-state index contributed by atoms with van der Waals surface area (Å²) in [4.78, 5) is 23.7. The van der Waals surface area contributed by atoms with Gasteiger partial charge in [-0.05, 0) is 64.3 Å². The molecule has 0 aliphatic heterocycles. The van der Waals surface area contributed by atoms with E-state index in [1.54, 1.807) is 18.2 Å². The molecule has 31 heavy (non-hydrogen) atoms. The first-order valence-corrected chi connectivity index (χ1v) is 10.2. The molecular weight excluding hydrogens is 479 g/mol. The molecule has 0 saturated heterocycles. The van der Waals surface area contributed by atoms with E-state index in [-0.39, 0.29) is 5.69 Å². The molecule has 2 aromatic carbocycles. The normalized spacial score (nSPS) is 11.4. The lowest BCUT2D eigenvalue weighted by molar-refractivity contribution is -0.137. The third-order valence-electron chi connectivity index (χ3n) is 3.91. The van der Waals surface area contributed by atoms with Crippen LogP contribution in [0.25, 0.3) is 0 Å². The molecule has 2 amide bonds. The number of carbonyl (C=O) groups is 2. The smallest absolute Gasteiger partial charge is 0.416 e. The van der Waals surface area contributed by atoms with Gasteiger partial charge >= 0.3 is 6.18 Å². The standard InChI is InChI=1S/C21H21BrF3N3O3/c1-2-3-9-31-18-8-7-14(10-17(18)22)13-26-28-20(30)12-19(29)27-16-6-4-5-15(11-16)21(23,24)25/h4-8,10-11,13H,2-3,9,12H2,1H3,(H,27,29)(H,28,30). The zero-order chi connectivity index (χ0) is 22.9. The summed E-state index contributed by atoms with van der Waals surface area (Å²) in [6.07, 6.45) is -1.75. The van der Waals surface area contributed by atoms with Crippen molar-refractivity contribution in [3.63, 3.8) is 0 Å². The minimum Gasteiger partial charge on any atom is -0.492 e. The van der Waals surface area contributed by atoms with Crippen LogP contribution in [0, 0.1) is 0 Å². The third-order valence-corrected chi connectivity index (χ3v) is 4.53. The van der Waals surface area contributed by atoms with Crippen LogP contribution in [0.5, 0.6) is 5.75 Å². The number of nitrogens with zero attached hydrogens (tertiary/aromatic N) is 1. The SMILES string of the molecule is CCCCOc1ccc(C=NNC(=O)CC(=O)Nc2cccc(C(F)(F)F)c2)cc1Br. The first-order valence-electron chi connectivity index (χ1n) is 9.40. The molecule has 166 valence electrons. The topological polar surface area (TPSA) is 79.8 Å². The number of hydrazone groups is 1. The molecule has 0 bridgehead atoms. The molecule has 0 heterocycles. The van der Waals surface area contributed by atoms with Crippen molar-refractivity contribution in [2.75, 3.05) is 11.9 Å². The van der Waals surface area contributed by atoms with Gasteiger partial charge in [-0.2, -0.15) is 18.3 Å². The average Bonchev–Trinajstić information content (AvgIpc) is 2.69. The summed E-state index contributed by atoms with van der Waals surface area (Å²) in [5.74, 6) is -0.774. The number of hydrogen-bond acceptors (Lipinski definition) is 4. The Bertz CT molecular complexity index is 949. The van der Waals surface area contributed by atoms with Crippen LogP contribution in [0.3, 0.4) is 0 Å². The maximum atomic E-state index is 12.7. The molecule has 2 rings (SSSR count). The summed E-state index contributed by atoms with van der Waals surface area (Å²) < 4.78 is 44.5. The Morgan fingerprint density at radius 3 is 2.61 bits per heavy atom. The minimum atomic E-state index is -4.53. The monoisotopic (exact) mass is 499 g/mol. The number of nitrogens with one attached hydrogen (secondary N) is 2. The van der Waals surface area contributed by atoms with Gasteiger partial charge in [-0.3, -0.25) is 9.59 Å². The summed E-state index contributed by atoms with van der Waals surface area (Å²) >= 11 is 3.40. The second-order valence-electron chi connectivity index (χ2n) is 6.49. The maximum absolute atomic E-state index is 12.7. The van der Waals surface area contributed by atoms with Crippen LogP contribution in [0.2, 0.25) is 0 Å². The number of halogens is 4. The van der Waals surface area contributed by atoms with Crippen LogP contribution >= 0.6 is 15.9 Å². The molecule has 0 radical (unpaired) electrons. The van der Waals surface area contributed by atoms with E-state index in [0.29, 0.717) is 17.9 Å². The Kier molecular flexibility index (Phi) is 9.04. The lowest BCUT2D eigenvalue weighted by Gasteiger charge is -2.09. The minimum absolute atomic E-state index is 0.0535. The van der Waals surface area contributed by atoms with Crippen LogP contribution in [-0.4, -0.2) is 24.6 Å². The molecule has 0 unspecified atom stereocenters. The van der Waals surface area contributed by atoms with Crippen LogP contribution in [0.1, 0.15) is 37.3 Å². The van der Waals surface area contributed by atoms with E-state index in [1.165, 1.54) is 18.3 Å². The predicted octanol–water partition coefficient (Wildman–Crippen LogP) is 5.13. The van der Waals surface area contributed by atoms with Gasteiger partial charge in [-0.25, -0.2) is 5.43 Å². The van der Waals surface area contributed by atoms with Crippen molar-refractivity contribution < 1.29 is 27.5 Å². The van der Waals surface area contributed by atoms with Crippen molar-refractivity contribution in [3.05, 3.63) is 58.1 Å². The molecule has 0 aromatic heterocycles. The number of rotatable bonds is 9.